The second-order valence-corrected chi connectivity index (χ2v) is 5.59. The zero-order chi connectivity index (χ0) is 14.1. The second-order valence-electron chi connectivity index (χ2n) is 5.59. The summed E-state index contributed by atoms with van der Waals surface area (Å²) in [6, 6.07) is 4.21. The summed E-state index contributed by atoms with van der Waals surface area (Å²) >= 11 is 0. The van der Waals surface area contributed by atoms with Gasteiger partial charge in [0.1, 0.15) is 0 Å². The lowest BCUT2D eigenvalue weighted by Gasteiger charge is -2.37. The minimum atomic E-state index is 0.490. The monoisotopic (exact) mass is 274 g/mol. The lowest BCUT2D eigenvalue weighted by Crippen LogP contribution is -2.24. The van der Waals surface area contributed by atoms with Crippen LogP contribution in [0, 0.1) is 5.92 Å². The molecule has 0 saturated carbocycles. The van der Waals surface area contributed by atoms with Crippen LogP contribution in [0.4, 0.5) is 0 Å². The smallest absolute Gasteiger partial charge is 0.164 e. The first-order chi connectivity index (χ1) is 9.78. The molecule has 3 nitrogen and oxygen atoms in total. The van der Waals surface area contributed by atoms with Crippen LogP contribution in [0.15, 0.2) is 24.0 Å². The molecule has 0 radical (unpaired) electrons. The molecule has 3 heteroatoms. The quantitative estimate of drug-likeness (QED) is 0.841. The number of hydrogen-bond acceptors (Lipinski definition) is 3. The fraction of sp³-hybridized carbons (Fsp3) is 0.529. The Hall–Kier alpha value is -1.64. The van der Waals surface area contributed by atoms with Gasteiger partial charge in [-0.3, -0.25) is 0 Å². The number of ether oxygens (including phenoxy) is 3. The van der Waals surface area contributed by atoms with Crippen LogP contribution in [0.25, 0.3) is 0 Å². The predicted octanol–water partition coefficient (Wildman–Crippen LogP) is 3.67. The van der Waals surface area contributed by atoms with Gasteiger partial charge >= 0.3 is 0 Å². The lowest BCUT2D eigenvalue weighted by atomic mass is 9.69. The number of aryl methyl sites for hydroxylation is 1. The van der Waals surface area contributed by atoms with E-state index in [0.29, 0.717) is 11.8 Å². The van der Waals surface area contributed by atoms with Gasteiger partial charge in [0.25, 0.3) is 0 Å². The normalized spacial score (nSPS) is 24.2. The number of fused-ring (bicyclic) bond motifs is 3. The van der Waals surface area contributed by atoms with E-state index in [2.05, 4.69) is 12.1 Å². The predicted molar refractivity (Wildman–Crippen MR) is 78.4 cm³/mol. The highest BCUT2D eigenvalue weighted by Gasteiger charge is 2.35. The van der Waals surface area contributed by atoms with Gasteiger partial charge in [-0.2, -0.15) is 0 Å². The van der Waals surface area contributed by atoms with Gasteiger partial charge in [0.15, 0.2) is 11.5 Å². The van der Waals surface area contributed by atoms with Crippen LogP contribution in [0.3, 0.4) is 0 Å². The van der Waals surface area contributed by atoms with Crippen molar-refractivity contribution in [3.05, 3.63) is 35.1 Å². The maximum Gasteiger partial charge on any atom is 0.164 e. The SMILES string of the molecule is COC1=CCC2CCc3ccc(OC)c(OC)c3C2C1. The Kier molecular flexibility index (Phi) is 3.60. The maximum absolute atomic E-state index is 5.67. The molecule has 0 aromatic heterocycles. The van der Waals surface area contributed by atoms with Gasteiger partial charge in [0.05, 0.1) is 27.1 Å². The Morgan fingerprint density at radius 1 is 1.05 bits per heavy atom. The van der Waals surface area contributed by atoms with E-state index in [1.54, 1.807) is 21.3 Å². The van der Waals surface area contributed by atoms with Gasteiger partial charge in [0.2, 0.25) is 0 Å². The van der Waals surface area contributed by atoms with E-state index in [0.717, 1.165) is 36.5 Å². The van der Waals surface area contributed by atoms with E-state index < -0.39 is 0 Å². The zero-order valence-corrected chi connectivity index (χ0v) is 12.4. The van der Waals surface area contributed by atoms with Gasteiger partial charge < -0.3 is 14.2 Å². The average Bonchev–Trinajstić information content (AvgIpc) is 2.52. The van der Waals surface area contributed by atoms with Crippen molar-refractivity contribution in [2.24, 2.45) is 5.92 Å². The Bertz CT molecular complexity index is 533. The number of hydrogen-bond donors (Lipinski definition) is 0. The highest BCUT2D eigenvalue weighted by molar-refractivity contribution is 5.54. The molecular formula is C17H22O3. The Labute approximate surface area is 120 Å². The van der Waals surface area contributed by atoms with Gasteiger partial charge in [-0.1, -0.05) is 6.07 Å². The zero-order valence-electron chi connectivity index (χ0n) is 12.4. The molecule has 108 valence electrons. The average molecular weight is 274 g/mol. The summed E-state index contributed by atoms with van der Waals surface area (Å²) < 4.78 is 16.6. The molecule has 0 N–H and O–H groups in total. The number of benzene rings is 1. The van der Waals surface area contributed by atoms with Crippen LogP contribution in [-0.4, -0.2) is 21.3 Å². The summed E-state index contributed by atoms with van der Waals surface area (Å²) in [5, 5.41) is 0. The molecule has 2 atom stereocenters. The maximum atomic E-state index is 5.67. The highest BCUT2D eigenvalue weighted by atomic mass is 16.5. The van der Waals surface area contributed by atoms with E-state index in [-0.39, 0.29) is 0 Å². The molecule has 3 rings (SSSR count). The van der Waals surface area contributed by atoms with Crippen LogP contribution in [0.2, 0.25) is 0 Å². The van der Waals surface area contributed by atoms with Crippen molar-refractivity contribution in [3.8, 4) is 11.5 Å². The molecule has 2 aliphatic carbocycles. The minimum Gasteiger partial charge on any atom is -0.501 e. The molecule has 1 aromatic carbocycles. The molecule has 0 amide bonds. The number of methoxy groups -OCH3 is 3. The topological polar surface area (TPSA) is 27.7 Å². The molecule has 2 unspecified atom stereocenters. The third kappa shape index (κ3) is 2.05. The van der Waals surface area contributed by atoms with Crippen molar-refractivity contribution in [2.45, 2.75) is 31.6 Å². The summed E-state index contributed by atoms with van der Waals surface area (Å²) in [4.78, 5) is 0. The third-order valence-electron chi connectivity index (χ3n) is 4.73. The van der Waals surface area contributed by atoms with E-state index in [1.165, 1.54) is 17.5 Å². The lowest BCUT2D eigenvalue weighted by molar-refractivity contribution is 0.227. The molecular weight excluding hydrogens is 252 g/mol. The van der Waals surface area contributed by atoms with Gasteiger partial charge in [-0.15, -0.1) is 0 Å². The van der Waals surface area contributed by atoms with Crippen molar-refractivity contribution in [2.75, 3.05) is 21.3 Å². The van der Waals surface area contributed by atoms with E-state index >= 15 is 0 Å². The van der Waals surface area contributed by atoms with Crippen molar-refractivity contribution in [1.82, 2.24) is 0 Å². The minimum absolute atomic E-state index is 0.490. The van der Waals surface area contributed by atoms with Crippen LogP contribution in [0.1, 0.15) is 36.3 Å². The van der Waals surface area contributed by atoms with Gasteiger partial charge in [-0.25, -0.2) is 0 Å². The molecule has 0 bridgehead atoms. The first-order valence-electron chi connectivity index (χ1n) is 7.25. The first kappa shape index (κ1) is 13.3. The summed E-state index contributed by atoms with van der Waals surface area (Å²) in [5.74, 6) is 4.03. The molecule has 0 heterocycles. The molecule has 1 aromatic rings. The molecule has 0 aliphatic heterocycles. The Morgan fingerprint density at radius 3 is 2.60 bits per heavy atom. The second kappa shape index (κ2) is 5.39. The van der Waals surface area contributed by atoms with Crippen LogP contribution < -0.4 is 9.47 Å². The fourth-order valence-corrected chi connectivity index (χ4v) is 3.69. The van der Waals surface area contributed by atoms with E-state index in [9.17, 15) is 0 Å². The number of allylic oxidation sites excluding steroid dienone is 2. The van der Waals surface area contributed by atoms with Crippen LogP contribution in [-0.2, 0) is 11.2 Å². The molecule has 20 heavy (non-hydrogen) atoms. The van der Waals surface area contributed by atoms with Gasteiger partial charge in [-0.05, 0) is 48.8 Å². The van der Waals surface area contributed by atoms with Crippen molar-refractivity contribution in [3.63, 3.8) is 0 Å². The van der Waals surface area contributed by atoms with Crippen molar-refractivity contribution in [1.29, 1.82) is 0 Å². The molecule has 2 aliphatic rings. The molecule has 0 spiro atoms. The fourth-order valence-electron chi connectivity index (χ4n) is 3.69. The number of rotatable bonds is 3. The summed E-state index contributed by atoms with van der Waals surface area (Å²) in [6.45, 7) is 0. The Balaban J connectivity index is 2.07. The van der Waals surface area contributed by atoms with Crippen molar-refractivity contribution >= 4 is 0 Å². The Morgan fingerprint density at radius 2 is 1.90 bits per heavy atom. The van der Waals surface area contributed by atoms with E-state index in [4.69, 9.17) is 14.2 Å². The summed E-state index contributed by atoms with van der Waals surface area (Å²) in [6.07, 6.45) is 6.71. The third-order valence-corrected chi connectivity index (χ3v) is 4.73. The van der Waals surface area contributed by atoms with Crippen LogP contribution >= 0.6 is 0 Å². The van der Waals surface area contributed by atoms with Crippen molar-refractivity contribution < 1.29 is 14.2 Å². The summed E-state index contributed by atoms with van der Waals surface area (Å²) in [7, 11) is 5.20. The standard InChI is InChI=1S/C17H22O3/c1-18-13-8-6-11-4-5-12-7-9-15(19-2)17(20-3)16(12)14(11)10-13/h7-9,11,14H,4-6,10H2,1-3H3. The van der Waals surface area contributed by atoms with E-state index in [1.807, 2.05) is 6.07 Å². The highest BCUT2D eigenvalue weighted by Crippen LogP contribution is 2.50. The largest absolute Gasteiger partial charge is 0.501 e. The molecule has 0 fully saturated rings. The molecule has 0 saturated heterocycles. The summed E-state index contributed by atoms with van der Waals surface area (Å²) in [5.41, 5.74) is 2.74. The van der Waals surface area contributed by atoms with Gasteiger partial charge in [0, 0.05) is 12.0 Å². The van der Waals surface area contributed by atoms with Crippen LogP contribution in [0.5, 0.6) is 11.5 Å². The first-order valence-corrected chi connectivity index (χ1v) is 7.25.